The first kappa shape index (κ1) is 10.9. The summed E-state index contributed by atoms with van der Waals surface area (Å²) in [6, 6.07) is 0. The lowest BCUT2D eigenvalue weighted by molar-refractivity contribution is -0.120. The second-order valence-electron chi connectivity index (χ2n) is 3.39. The molecule has 1 aliphatic rings. The van der Waals surface area contributed by atoms with Crippen molar-refractivity contribution in [1.29, 1.82) is 0 Å². The number of aromatic nitrogens is 2. The molecule has 6 heteroatoms. The van der Waals surface area contributed by atoms with Crippen molar-refractivity contribution < 1.29 is 9.59 Å². The molecule has 82 valence electrons. The van der Waals surface area contributed by atoms with Crippen molar-refractivity contribution in [1.82, 2.24) is 9.97 Å². The van der Waals surface area contributed by atoms with E-state index in [-0.39, 0.29) is 17.6 Å². The molecule has 0 radical (unpaired) electrons. The van der Waals surface area contributed by atoms with E-state index >= 15 is 0 Å². The summed E-state index contributed by atoms with van der Waals surface area (Å²) >= 11 is 3.14. The van der Waals surface area contributed by atoms with Crippen LogP contribution in [0.4, 0.5) is 5.82 Å². The molecule has 2 heterocycles. The molecular weight excluding hydrogens is 274 g/mol. The van der Waals surface area contributed by atoms with Gasteiger partial charge in [-0.25, -0.2) is 14.9 Å². The molecule has 0 bridgehead atoms. The van der Waals surface area contributed by atoms with Crippen LogP contribution in [0, 0.1) is 0 Å². The second-order valence-corrected chi connectivity index (χ2v) is 4.21. The standard InChI is InChI=1S/C10H8BrN3O2/c1-5-6(2)10(16)14(9(5)15)8-4-12-7(11)3-13-8/h3-4H,1-2H3. The topological polar surface area (TPSA) is 63.2 Å². The Morgan fingerprint density at radius 2 is 1.62 bits per heavy atom. The highest BCUT2D eigenvalue weighted by Gasteiger charge is 2.35. The van der Waals surface area contributed by atoms with Crippen LogP contribution in [0.5, 0.6) is 0 Å². The highest BCUT2D eigenvalue weighted by atomic mass is 79.9. The number of rotatable bonds is 1. The SMILES string of the molecule is CC1=C(C)C(=O)N(c2cnc(Br)cn2)C1=O. The molecule has 0 aliphatic carbocycles. The number of halogens is 1. The van der Waals surface area contributed by atoms with Gasteiger partial charge in [0.05, 0.1) is 12.4 Å². The lowest BCUT2D eigenvalue weighted by Gasteiger charge is -2.12. The van der Waals surface area contributed by atoms with Crippen molar-refractivity contribution in [2.45, 2.75) is 13.8 Å². The van der Waals surface area contributed by atoms with Crippen LogP contribution in [-0.4, -0.2) is 21.8 Å². The average Bonchev–Trinajstić information content (AvgIpc) is 2.46. The molecule has 16 heavy (non-hydrogen) atoms. The Morgan fingerprint density at radius 3 is 2.06 bits per heavy atom. The summed E-state index contributed by atoms with van der Waals surface area (Å²) in [5, 5.41) is 0. The van der Waals surface area contributed by atoms with Gasteiger partial charge < -0.3 is 0 Å². The van der Waals surface area contributed by atoms with Crippen LogP contribution in [-0.2, 0) is 9.59 Å². The summed E-state index contributed by atoms with van der Waals surface area (Å²) in [6.45, 7) is 3.25. The maximum absolute atomic E-state index is 11.8. The van der Waals surface area contributed by atoms with E-state index in [0.29, 0.717) is 15.7 Å². The van der Waals surface area contributed by atoms with E-state index in [1.807, 2.05) is 0 Å². The number of imide groups is 1. The Bertz CT molecular complexity index is 483. The molecule has 0 N–H and O–H groups in total. The van der Waals surface area contributed by atoms with E-state index in [1.54, 1.807) is 13.8 Å². The third-order valence-electron chi connectivity index (χ3n) is 2.45. The Labute approximate surface area is 100 Å². The van der Waals surface area contributed by atoms with E-state index in [2.05, 4.69) is 25.9 Å². The smallest absolute Gasteiger partial charge is 0.262 e. The largest absolute Gasteiger partial charge is 0.269 e. The molecule has 1 aromatic heterocycles. The predicted molar refractivity (Wildman–Crippen MR) is 60.6 cm³/mol. The van der Waals surface area contributed by atoms with Gasteiger partial charge in [0.25, 0.3) is 11.8 Å². The Morgan fingerprint density at radius 1 is 1.06 bits per heavy atom. The highest BCUT2D eigenvalue weighted by molar-refractivity contribution is 9.10. The average molecular weight is 282 g/mol. The highest BCUT2D eigenvalue weighted by Crippen LogP contribution is 2.24. The lowest BCUT2D eigenvalue weighted by atomic mass is 10.2. The van der Waals surface area contributed by atoms with Gasteiger partial charge >= 0.3 is 0 Å². The number of nitrogens with zero attached hydrogens (tertiary/aromatic N) is 3. The molecule has 0 saturated heterocycles. The van der Waals surface area contributed by atoms with Crippen molar-refractivity contribution in [3.8, 4) is 0 Å². The molecular formula is C10H8BrN3O2. The van der Waals surface area contributed by atoms with Gasteiger partial charge in [-0.05, 0) is 29.8 Å². The number of amides is 2. The van der Waals surface area contributed by atoms with Crippen molar-refractivity contribution in [2.24, 2.45) is 0 Å². The maximum atomic E-state index is 11.8. The fourth-order valence-corrected chi connectivity index (χ4v) is 1.58. The summed E-state index contributed by atoms with van der Waals surface area (Å²) in [6.07, 6.45) is 2.82. The second kappa shape index (κ2) is 3.79. The fraction of sp³-hybridized carbons (Fsp3) is 0.200. The third-order valence-corrected chi connectivity index (χ3v) is 2.86. The minimum absolute atomic E-state index is 0.245. The zero-order chi connectivity index (χ0) is 11.9. The molecule has 0 unspecified atom stereocenters. The van der Waals surface area contributed by atoms with Gasteiger partial charge in [-0.15, -0.1) is 0 Å². The van der Waals surface area contributed by atoms with Gasteiger partial charge in [-0.2, -0.15) is 0 Å². The number of carbonyl (C=O) groups excluding carboxylic acids is 2. The minimum Gasteiger partial charge on any atom is -0.269 e. The maximum Gasteiger partial charge on any atom is 0.262 e. The molecule has 2 rings (SSSR count). The molecule has 0 saturated carbocycles. The van der Waals surface area contributed by atoms with Crippen molar-refractivity contribution in [3.05, 3.63) is 28.1 Å². The van der Waals surface area contributed by atoms with Crippen molar-refractivity contribution in [3.63, 3.8) is 0 Å². The zero-order valence-electron chi connectivity index (χ0n) is 8.69. The van der Waals surface area contributed by atoms with E-state index in [9.17, 15) is 9.59 Å². The van der Waals surface area contributed by atoms with E-state index in [0.717, 1.165) is 4.90 Å². The summed E-state index contributed by atoms with van der Waals surface area (Å²) < 4.78 is 0.553. The first-order valence-electron chi connectivity index (χ1n) is 4.56. The summed E-state index contributed by atoms with van der Waals surface area (Å²) in [5.41, 5.74) is 0.907. The molecule has 0 aromatic carbocycles. The minimum atomic E-state index is -0.334. The number of anilines is 1. The monoisotopic (exact) mass is 281 g/mol. The number of carbonyl (C=O) groups is 2. The molecule has 1 aromatic rings. The van der Waals surface area contributed by atoms with Gasteiger partial charge in [0.2, 0.25) is 0 Å². The zero-order valence-corrected chi connectivity index (χ0v) is 10.3. The normalized spacial score (nSPS) is 16.3. The Hall–Kier alpha value is -1.56. The molecule has 0 atom stereocenters. The van der Waals surface area contributed by atoms with E-state index in [1.165, 1.54) is 12.4 Å². The summed E-state index contributed by atoms with van der Waals surface area (Å²) in [5.74, 6) is -0.423. The van der Waals surface area contributed by atoms with Gasteiger partial charge in [-0.1, -0.05) is 0 Å². The van der Waals surface area contributed by atoms with Crippen LogP contribution in [0.1, 0.15) is 13.8 Å². The van der Waals surface area contributed by atoms with Gasteiger partial charge in [-0.3, -0.25) is 9.59 Å². The molecule has 5 nitrogen and oxygen atoms in total. The lowest BCUT2D eigenvalue weighted by Crippen LogP contribution is -2.32. The quantitative estimate of drug-likeness (QED) is 0.731. The summed E-state index contributed by atoms with van der Waals surface area (Å²) in [7, 11) is 0. The molecule has 0 fully saturated rings. The van der Waals surface area contributed by atoms with Crippen LogP contribution in [0.3, 0.4) is 0 Å². The van der Waals surface area contributed by atoms with Gasteiger partial charge in [0, 0.05) is 11.1 Å². The van der Waals surface area contributed by atoms with Crippen LogP contribution in [0.2, 0.25) is 0 Å². The Balaban J connectivity index is 2.42. The third kappa shape index (κ3) is 1.55. The van der Waals surface area contributed by atoms with Crippen molar-refractivity contribution >= 4 is 33.6 Å². The predicted octanol–water partition coefficient (Wildman–Crippen LogP) is 1.45. The summed E-state index contributed by atoms with van der Waals surface area (Å²) in [4.78, 5) is 32.5. The van der Waals surface area contributed by atoms with Crippen molar-refractivity contribution in [2.75, 3.05) is 4.90 Å². The molecule has 0 spiro atoms. The fourth-order valence-electron chi connectivity index (χ4n) is 1.38. The first-order valence-corrected chi connectivity index (χ1v) is 5.35. The van der Waals surface area contributed by atoms with Crippen LogP contribution in [0.15, 0.2) is 28.1 Å². The van der Waals surface area contributed by atoms with Gasteiger partial charge in [0.15, 0.2) is 5.82 Å². The molecule has 2 amide bonds. The van der Waals surface area contributed by atoms with Crippen LogP contribution in [0.25, 0.3) is 0 Å². The van der Waals surface area contributed by atoms with Crippen LogP contribution < -0.4 is 4.90 Å². The number of hydrogen-bond acceptors (Lipinski definition) is 4. The van der Waals surface area contributed by atoms with Gasteiger partial charge in [0.1, 0.15) is 4.60 Å². The molecule has 1 aliphatic heterocycles. The van der Waals surface area contributed by atoms with E-state index in [4.69, 9.17) is 0 Å². The van der Waals surface area contributed by atoms with Crippen LogP contribution >= 0.6 is 15.9 Å². The first-order chi connectivity index (χ1) is 7.52. The Kier molecular flexibility index (Phi) is 2.59. The van der Waals surface area contributed by atoms with E-state index < -0.39 is 0 Å². The number of hydrogen-bond donors (Lipinski definition) is 0.